The lowest BCUT2D eigenvalue weighted by Crippen LogP contribution is -2.48. The number of aliphatic imine (C=N–C) groups is 1. The minimum Gasteiger partial charge on any atom is -0.368 e. The molecule has 1 aromatic rings. The van der Waals surface area contributed by atoms with Gasteiger partial charge in [0.05, 0.1) is 10.6 Å². The maximum Gasteiger partial charge on any atom is 0.300 e. The van der Waals surface area contributed by atoms with E-state index in [2.05, 4.69) is 10.3 Å². The molecule has 2 rings (SSSR count). The number of rotatable bonds is 3. The molecular formula is C12H13N5O4. The van der Waals surface area contributed by atoms with Crippen LogP contribution in [-0.4, -0.2) is 28.5 Å². The molecule has 21 heavy (non-hydrogen) atoms. The predicted molar refractivity (Wildman–Crippen MR) is 75.5 cm³/mol. The quantitative estimate of drug-likeness (QED) is 0.530. The Balaban J connectivity index is 2.77. The zero-order valence-corrected chi connectivity index (χ0v) is 11.3. The molecule has 1 aromatic carbocycles. The van der Waals surface area contributed by atoms with Gasteiger partial charge in [-0.05, 0) is 25.5 Å². The molecule has 1 atom stereocenters. The van der Waals surface area contributed by atoms with Crippen molar-refractivity contribution in [3.63, 3.8) is 0 Å². The van der Waals surface area contributed by atoms with Gasteiger partial charge in [0, 0.05) is 5.56 Å². The van der Waals surface area contributed by atoms with Crippen molar-refractivity contribution in [1.29, 1.82) is 0 Å². The van der Waals surface area contributed by atoms with Crippen LogP contribution in [0.3, 0.4) is 0 Å². The van der Waals surface area contributed by atoms with Crippen LogP contribution in [0.4, 0.5) is 17.1 Å². The molecule has 0 fully saturated rings. The van der Waals surface area contributed by atoms with Crippen molar-refractivity contribution in [3.8, 4) is 0 Å². The molecular weight excluding hydrogens is 278 g/mol. The molecule has 1 unspecified atom stereocenters. The van der Waals surface area contributed by atoms with Gasteiger partial charge in [-0.1, -0.05) is 0 Å². The molecule has 0 saturated carbocycles. The fourth-order valence-corrected chi connectivity index (χ4v) is 2.14. The minimum atomic E-state index is -1.21. The van der Waals surface area contributed by atoms with Crippen molar-refractivity contribution in [2.75, 3.05) is 5.32 Å². The Bertz CT molecular complexity index is 710. The summed E-state index contributed by atoms with van der Waals surface area (Å²) in [5, 5.41) is 13.9. The van der Waals surface area contributed by atoms with Gasteiger partial charge >= 0.3 is 0 Å². The van der Waals surface area contributed by atoms with Crippen LogP contribution in [0.25, 0.3) is 0 Å². The third-order valence-electron chi connectivity index (χ3n) is 3.31. The van der Waals surface area contributed by atoms with Crippen molar-refractivity contribution in [2.45, 2.75) is 19.9 Å². The standard InChI is InChI=1S/C12H13N5O4/c1-4-3-6-7(10(5(4)2)17(20)21)16-9(12(14)19)8(15-6)11(13)18/h3,8,15H,1-2H3,(H2,13,18)(H2,14,19). The molecule has 9 heteroatoms. The molecule has 2 amide bonds. The summed E-state index contributed by atoms with van der Waals surface area (Å²) in [6.07, 6.45) is 0. The third kappa shape index (κ3) is 2.29. The first-order valence-corrected chi connectivity index (χ1v) is 5.96. The summed E-state index contributed by atoms with van der Waals surface area (Å²) < 4.78 is 0. The van der Waals surface area contributed by atoms with Crippen molar-refractivity contribution < 1.29 is 14.5 Å². The van der Waals surface area contributed by atoms with Crippen LogP contribution in [0.5, 0.6) is 0 Å². The van der Waals surface area contributed by atoms with Gasteiger partial charge in [-0.15, -0.1) is 0 Å². The lowest BCUT2D eigenvalue weighted by atomic mass is 10.0. The highest BCUT2D eigenvalue weighted by Crippen LogP contribution is 2.42. The largest absolute Gasteiger partial charge is 0.368 e. The van der Waals surface area contributed by atoms with Gasteiger partial charge in [0.1, 0.15) is 5.71 Å². The Labute approximate surface area is 119 Å². The van der Waals surface area contributed by atoms with Crippen molar-refractivity contribution in [2.24, 2.45) is 16.5 Å². The summed E-state index contributed by atoms with van der Waals surface area (Å²) in [6, 6.07) is 0.395. The van der Waals surface area contributed by atoms with Crippen LogP contribution < -0.4 is 16.8 Å². The number of nitro groups is 1. The second kappa shape index (κ2) is 4.85. The number of nitrogens with zero attached hydrogens (tertiary/aromatic N) is 2. The molecule has 0 aromatic heterocycles. The SMILES string of the molecule is Cc1cc2c(c([N+](=O)[O-])c1C)N=C(C(N)=O)C(C(N)=O)N2. The highest BCUT2D eigenvalue weighted by molar-refractivity contribution is 6.46. The van der Waals surface area contributed by atoms with Gasteiger partial charge in [-0.2, -0.15) is 0 Å². The molecule has 0 saturated heterocycles. The second-order valence-corrected chi connectivity index (χ2v) is 4.66. The zero-order valence-electron chi connectivity index (χ0n) is 11.3. The van der Waals surface area contributed by atoms with Gasteiger partial charge in [0.25, 0.3) is 11.6 Å². The second-order valence-electron chi connectivity index (χ2n) is 4.66. The Morgan fingerprint density at radius 1 is 1.38 bits per heavy atom. The third-order valence-corrected chi connectivity index (χ3v) is 3.31. The van der Waals surface area contributed by atoms with E-state index in [1.807, 2.05) is 0 Å². The zero-order chi connectivity index (χ0) is 15.9. The number of amides is 2. The molecule has 0 spiro atoms. The van der Waals surface area contributed by atoms with E-state index in [1.54, 1.807) is 19.9 Å². The number of nitrogens with two attached hydrogens (primary N) is 2. The fourth-order valence-electron chi connectivity index (χ4n) is 2.14. The van der Waals surface area contributed by atoms with E-state index in [9.17, 15) is 19.7 Å². The number of fused-ring (bicyclic) bond motifs is 1. The Kier molecular flexibility index (Phi) is 3.34. The molecule has 9 nitrogen and oxygen atoms in total. The molecule has 0 bridgehead atoms. The first kappa shape index (κ1) is 14.4. The minimum absolute atomic E-state index is 0.0330. The van der Waals surface area contributed by atoms with Crippen LogP contribution >= 0.6 is 0 Å². The van der Waals surface area contributed by atoms with Crippen molar-refractivity contribution in [3.05, 3.63) is 27.3 Å². The smallest absolute Gasteiger partial charge is 0.300 e. The number of hydrogen-bond acceptors (Lipinski definition) is 6. The van der Waals surface area contributed by atoms with E-state index in [-0.39, 0.29) is 22.8 Å². The summed E-state index contributed by atoms with van der Waals surface area (Å²) in [5.74, 6) is -1.82. The van der Waals surface area contributed by atoms with E-state index in [0.29, 0.717) is 11.1 Å². The van der Waals surface area contributed by atoms with Crippen LogP contribution in [0.2, 0.25) is 0 Å². The molecule has 5 N–H and O–H groups in total. The highest BCUT2D eigenvalue weighted by atomic mass is 16.6. The number of benzene rings is 1. The van der Waals surface area contributed by atoms with E-state index < -0.39 is 22.8 Å². The number of primary amides is 2. The van der Waals surface area contributed by atoms with Crippen LogP contribution in [-0.2, 0) is 9.59 Å². The molecule has 1 aliphatic heterocycles. The molecule has 0 aliphatic carbocycles. The summed E-state index contributed by atoms with van der Waals surface area (Å²) in [6.45, 7) is 3.27. The predicted octanol–water partition coefficient (Wildman–Crippen LogP) is 0.0488. The topological polar surface area (TPSA) is 154 Å². The molecule has 1 heterocycles. The molecule has 110 valence electrons. The van der Waals surface area contributed by atoms with Crippen molar-refractivity contribution in [1.82, 2.24) is 0 Å². The summed E-state index contributed by atoms with van der Waals surface area (Å²) in [7, 11) is 0. The van der Waals surface area contributed by atoms with Gasteiger partial charge in [0.15, 0.2) is 11.7 Å². The molecule has 1 aliphatic rings. The van der Waals surface area contributed by atoms with Crippen LogP contribution in [0.15, 0.2) is 11.1 Å². The highest BCUT2D eigenvalue weighted by Gasteiger charge is 2.35. The van der Waals surface area contributed by atoms with E-state index >= 15 is 0 Å². The number of carbonyl (C=O) groups excluding carboxylic acids is 2. The summed E-state index contributed by atoms with van der Waals surface area (Å²) in [5.41, 5.74) is 11.1. The van der Waals surface area contributed by atoms with E-state index in [1.165, 1.54) is 0 Å². The first-order chi connectivity index (χ1) is 9.73. The lowest BCUT2D eigenvalue weighted by molar-refractivity contribution is -0.384. The first-order valence-electron chi connectivity index (χ1n) is 5.96. The number of carbonyl (C=O) groups is 2. The van der Waals surface area contributed by atoms with Gasteiger partial charge in [-0.25, -0.2) is 4.99 Å². The average molecular weight is 291 g/mol. The normalized spacial score (nSPS) is 16.5. The summed E-state index contributed by atoms with van der Waals surface area (Å²) in [4.78, 5) is 37.3. The lowest BCUT2D eigenvalue weighted by Gasteiger charge is -2.24. The average Bonchev–Trinajstić information content (AvgIpc) is 2.38. The fraction of sp³-hybridized carbons (Fsp3) is 0.250. The maximum atomic E-state index is 11.4. The van der Waals surface area contributed by atoms with E-state index in [4.69, 9.17) is 11.5 Å². The van der Waals surface area contributed by atoms with Gasteiger partial charge in [-0.3, -0.25) is 19.7 Å². The van der Waals surface area contributed by atoms with Crippen LogP contribution in [0, 0.1) is 24.0 Å². The number of nitrogens with one attached hydrogen (secondary N) is 1. The summed E-state index contributed by atoms with van der Waals surface area (Å²) >= 11 is 0. The van der Waals surface area contributed by atoms with E-state index in [0.717, 1.165) is 0 Å². The van der Waals surface area contributed by atoms with Crippen molar-refractivity contribution >= 4 is 34.6 Å². The number of hydrogen-bond donors (Lipinski definition) is 3. The number of anilines is 1. The Morgan fingerprint density at radius 3 is 2.48 bits per heavy atom. The number of nitro benzene ring substituents is 1. The van der Waals surface area contributed by atoms with Gasteiger partial charge < -0.3 is 16.8 Å². The Morgan fingerprint density at radius 2 is 2.00 bits per heavy atom. The monoisotopic (exact) mass is 291 g/mol. The Hall–Kier alpha value is -2.97. The maximum absolute atomic E-state index is 11.4. The van der Waals surface area contributed by atoms with Gasteiger partial charge in [0.2, 0.25) is 5.91 Å². The molecule has 0 radical (unpaired) electrons. The number of aryl methyl sites for hydroxylation is 1. The van der Waals surface area contributed by atoms with Crippen LogP contribution in [0.1, 0.15) is 11.1 Å².